The number of carbonyl (C=O) groups excluding carboxylic acids is 2. The zero-order valence-corrected chi connectivity index (χ0v) is 11.9. The Morgan fingerprint density at radius 1 is 1.33 bits per heavy atom. The summed E-state index contributed by atoms with van der Waals surface area (Å²) in [6, 6.07) is -0.198. The van der Waals surface area contributed by atoms with Gasteiger partial charge >= 0.3 is 6.03 Å². The minimum atomic E-state index is -0.575. The molecule has 0 saturated carbocycles. The summed E-state index contributed by atoms with van der Waals surface area (Å²) in [6.45, 7) is 2.18. The van der Waals surface area contributed by atoms with E-state index in [1.165, 1.54) is 16.0 Å². The fourth-order valence-electron chi connectivity index (χ4n) is 1.96. The summed E-state index contributed by atoms with van der Waals surface area (Å²) in [4.78, 5) is 29.1. The van der Waals surface area contributed by atoms with Gasteiger partial charge in [0.2, 0.25) is 0 Å². The second-order valence-corrected chi connectivity index (χ2v) is 5.32. The number of primary amides is 1. The normalized spacial score (nSPS) is 15.1. The Morgan fingerprint density at radius 3 is 2.76 bits per heavy atom. The van der Waals surface area contributed by atoms with Crippen molar-refractivity contribution in [1.82, 2.24) is 19.7 Å². The van der Waals surface area contributed by atoms with E-state index in [1.807, 2.05) is 0 Å². The SMILES string of the molecule is NC(=O)c1csc(-c2cnn(C(=O)N3CCOCC3)c2)n1. The molecule has 2 N–H and O–H groups in total. The number of rotatable bonds is 2. The third kappa shape index (κ3) is 2.78. The number of ether oxygens (including phenoxy) is 1. The number of hydrogen-bond acceptors (Lipinski definition) is 6. The molecule has 8 nitrogen and oxygen atoms in total. The number of thiazole rings is 1. The van der Waals surface area contributed by atoms with Crippen LogP contribution in [0.4, 0.5) is 4.79 Å². The number of carbonyl (C=O) groups is 2. The minimum Gasteiger partial charge on any atom is -0.378 e. The first kappa shape index (κ1) is 13.7. The van der Waals surface area contributed by atoms with Gasteiger partial charge in [-0.3, -0.25) is 4.79 Å². The second kappa shape index (κ2) is 5.62. The number of amides is 2. The maximum absolute atomic E-state index is 12.2. The van der Waals surface area contributed by atoms with Crippen LogP contribution < -0.4 is 5.73 Å². The predicted molar refractivity (Wildman–Crippen MR) is 75.0 cm³/mol. The van der Waals surface area contributed by atoms with Gasteiger partial charge in [0.15, 0.2) is 0 Å². The molecule has 1 aliphatic rings. The summed E-state index contributed by atoms with van der Waals surface area (Å²) in [7, 11) is 0. The van der Waals surface area contributed by atoms with Gasteiger partial charge < -0.3 is 15.4 Å². The third-order valence-corrected chi connectivity index (χ3v) is 3.96. The zero-order chi connectivity index (χ0) is 14.8. The van der Waals surface area contributed by atoms with Gasteiger partial charge in [-0.05, 0) is 0 Å². The number of hydrogen-bond donors (Lipinski definition) is 1. The van der Waals surface area contributed by atoms with Crippen LogP contribution >= 0.6 is 11.3 Å². The number of aromatic nitrogens is 3. The first-order valence-corrected chi connectivity index (χ1v) is 7.20. The van der Waals surface area contributed by atoms with Gasteiger partial charge in [-0.2, -0.15) is 9.78 Å². The van der Waals surface area contributed by atoms with Gasteiger partial charge in [-0.15, -0.1) is 11.3 Å². The second-order valence-electron chi connectivity index (χ2n) is 4.46. The van der Waals surface area contributed by atoms with E-state index in [0.717, 1.165) is 0 Å². The standard InChI is InChI=1S/C12H13N5O3S/c13-10(18)9-7-21-11(15-9)8-5-14-17(6-8)12(19)16-1-3-20-4-2-16/h5-7H,1-4H2,(H2,13,18). The maximum Gasteiger partial charge on any atom is 0.344 e. The summed E-state index contributed by atoms with van der Waals surface area (Å²) in [5, 5.41) is 6.24. The summed E-state index contributed by atoms with van der Waals surface area (Å²) in [5.74, 6) is -0.575. The molecule has 2 aromatic heterocycles. The largest absolute Gasteiger partial charge is 0.378 e. The van der Waals surface area contributed by atoms with E-state index >= 15 is 0 Å². The molecule has 1 aliphatic heterocycles. The van der Waals surface area contributed by atoms with Crippen LogP contribution in [-0.2, 0) is 4.74 Å². The topological polar surface area (TPSA) is 103 Å². The van der Waals surface area contributed by atoms with Crippen molar-refractivity contribution < 1.29 is 14.3 Å². The fourth-order valence-corrected chi connectivity index (χ4v) is 2.74. The molecular weight excluding hydrogens is 294 g/mol. The van der Waals surface area contributed by atoms with Gasteiger partial charge in [0.1, 0.15) is 10.7 Å². The van der Waals surface area contributed by atoms with E-state index in [-0.39, 0.29) is 11.7 Å². The van der Waals surface area contributed by atoms with Crippen molar-refractivity contribution in [1.29, 1.82) is 0 Å². The van der Waals surface area contributed by atoms with Gasteiger partial charge in [0, 0.05) is 30.2 Å². The molecule has 0 spiro atoms. The van der Waals surface area contributed by atoms with Crippen molar-refractivity contribution in [3.63, 3.8) is 0 Å². The van der Waals surface area contributed by atoms with Crippen LogP contribution in [0.2, 0.25) is 0 Å². The molecule has 1 fully saturated rings. The van der Waals surface area contributed by atoms with Gasteiger partial charge in [-0.1, -0.05) is 0 Å². The lowest BCUT2D eigenvalue weighted by atomic mass is 10.4. The number of nitrogens with two attached hydrogens (primary N) is 1. The monoisotopic (exact) mass is 307 g/mol. The van der Waals surface area contributed by atoms with Crippen LogP contribution in [0.3, 0.4) is 0 Å². The summed E-state index contributed by atoms with van der Waals surface area (Å²) < 4.78 is 6.48. The Kier molecular flexibility index (Phi) is 3.67. The molecule has 0 unspecified atom stereocenters. The fraction of sp³-hybridized carbons (Fsp3) is 0.333. The van der Waals surface area contributed by atoms with Crippen LogP contribution in [-0.4, -0.2) is 57.9 Å². The first-order chi connectivity index (χ1) is 10.1. The van der Waals surface area contributed by atoms with Crippen molar-refractivity contribution in [3.8, 4) is 10.6 Å². The Hall–Kier alpha value is -2.26. The van der Waals surface area contributed by atoms with E-state index in [4.69, 9.17) is 10.5 Å². The molecule has 0 atom stereocenters. The van der Waals surface area contributed by atoms with Crippen molar-refractivity contribution in [3.05, 3.63) is 23.5 Å². The highest BCUT2D eigenvalue weighted by molar-refractivity contribution is 7.13. The summed E-state index contributed by atoms with van der Waals surface area (Å²) in [5.41, 5.74) is 6.05. The Morgan fingerprint density at radius 2 is 2.10 bits per heavy atom. The van der Waals surface area contributed by atoms with Crippen LogP contribution in [0.5, 0.6) is 0 Å². The highest BCUT2D eigenvalue weighted by Gasteiger charge is 2.20. The average Bonchev–Trinajstić information content (AvgIpc) is 3.16. The molecule has 110 valence electrons. The molecule has 2 amide bonds. The molecule has 0 aliphatic carbocycles. The molecule has 2 aromatic rings. The minimum absolute atomic E-state index is 0.198. The van der Waals surface area contributed by atoms with Crippen LogP contribution in [0.25, 0.3) is 10.6 Å². The predicted octanol–water partition coefficient (Wildman–Crippen LogP) is 0.406. The Bertz CT molecular complexity index is 674. The molecule has 9 heteroatoms. The molecule has 21 heavy (non-hydrogen) atoms. The molecule has 1 saturated heterocycles. The lowest BCUT2D eigenvalue weighted by Crippen LogP contribution is -2.43. The van der Waals surface area contributed by atoms with E-state index in [2.05, 4.69) is 10.1 Å². The van der Waals surface area contributed by atoms with E-state index in [9.17, 15) is 9.59 Å². The van der Waals surface area contributed by atoms with Gasteiger partial charge in [-0.25, -0.2) is 9.78 Å². The molecular formula is C12H13N5O3S. The average molecular weight is 307 g/mol. The van der Waals surface area contributed by atoms with E-state index < -0.39 is 5.91 Å². The quantitative estimate of drug-likeness (QED) is 0.865. The highest BCUT2D eigenvalue weighted by Crippen LogP contribution is 2.23. The number of nitrogens with zero attached hydrogens (tertiary/aromatic N) is 4. The van der Waals surface area contributed by atoms with Crippen molar-refractivity contribution in [2.24, 2.45) is 5.73 Å². The molecule has 0 radical (unpaired) electrons. The van der Waals surface area contributed by atoms with Crippen LogP contribution in [0.1, 0.15) is 10.5 Å². The lowest BCUT2D eigenvalue weighted by Gasteiger charge is -2.26. The van der Waals surface area contributed by atoms with Crippen molar-refractivity contribution in [2.75, 3.05) is 26.3 Å². The van der Waals surface area contributed by atoms with Crippen molar-refractivity contribution >= 4 is 23.3 Å². The number of morpholine rings is 1. The van der Waals surface area contributed by atoms with Crippen molar-refractivity contribution in [2.45, 2.75) is 0 Å². The lowest BCUT2D eigenvalue weighted by molar-refractivity contribution is 0.0528. The summed E-state index contributed by atoms with van der Waals surface area (Å²) >= 11 is 1.28. The van der Waals surface area contributed by atoms with Gasteiger partial charge in [0.05, 0.1) is 19.4 Å². The summed E-state index contributed by atoms with van der Waals surface area (Å²) in [6.07, 6.45) is 3.14. The Labute approximate surface area is 124 Å². The Balaban J connectivity index is 1.78. The molecule has 0 aromatic carbocycles. The van der Waals surface area contributed by atoms with E-state index in [1.54, 1.807) is 22.7 Å². The molecule has 3 rings (SSSR count). The van der Waals surface area contributed by atoms with Crippen LogP contribution in [0.15, 0.2) is 17.8 Å². The van der Waals surface area contributed by atoms with Crippen LogP contribution in [0, 0.1) is 0 Å². The highest BCUT2D eigenvalue weighted by atomic mass is 32.1. The molecule has 0 bridgehead atoms. The van der Waals surface area contributed by atoms with Gasteiger partial charge in [0.25, 0.3) is 5.91 Å². The zero-order valence-electron chi connectivity index (χ0n) is 11.1. The molecule has 3 heterocycles. The first-order valence-electron chi connectivity index (χ1n) is 6.32. The maximum atomic E-state index is 12.2. The third-order valence-electron chi connectivity index (χ3n) is 3.06. The van der Waals surface area contributed by atoms with E-state index in [0.29, 0.717) is 36.9 Å². The smallest absolute Gasteiger partial charge is 0.344 e.